The van der Waals surface area contributed by atoms with E-state index in [4.69, 9.17) is 0 Å². The van der Waals surface area contributed by atoms with Crippen LogP contribution in [0.4, 0.5) is 0 Å². The third-order valence-corrected chi connectivity index (χ3v) is 2.87. The zero-order valence-electron chi connectivity index (χ0n) is 10.3. The first-order valence-corrected chi connectivity index (χ1v) is 6.15. The quantitative estimate of drug-likeness (QED) is 0.785. The van der Waals surface area contributed by atoms with E-state index in [1.807, 2.05) is 48.5 Å². The van der Waals surface area contributed by atoms with Crippen LogP contribution in [0.3, 0.4) is 0 Å². The van der Waals surface area contributed by atoms with Crippen LogP contribution in [-0.4, -0.2) is 12.3 Å². The largest absolute Gasteiger partial charge is 0.303 e. The summed E-state index contributed by atoms with van der Waals surface area (Å²) < 4.78 is 0. The van der Waals surface area contributed by atoms with Gasteiger partial charge in [0.2, 0.25) is 0 Å². The van der Waals surface area contributed by atoms with Crippen LogP contribution >= 0.6 is 0 Å². The van der Waals surface area contributed by atoms with E-state index in [0.29, 0.717) is 0 Å². The van der Waals surface area contributed by atoms with Gasteiger partial charge >= 0.3 is 0 Å². The predicted molar refractivity (Wildman–Crippen MR) is 73.3 cm³/mol. The average Bonchev–Trinajstić information content (AvgIpc) is 2.45. The lowest BCUT2D eigenvalue weighted by atomic mass is 10.1. The first-order valence-electron chi connectivity index (χ1n) is 6.15. The van der Waals surface area contributed by atoms with Crippen molar-refractivity contribution in [3.63, 3.8) is 0 Å². The SMILES string of the molecule is O=CC(Cc1ccccc1)NCc1ccccc1. The second kappa shape index (κ2) is 6.72. The van der Waals surface area contributed by atoms with Gasteiger partial charge in [-0.15, -0.1) is 0 Å². The van der Waals surface area contributed by atoms with Gasteiger partial charge in [-0.1, -0.05) is 60.7 Å². The monoisotopic (exact) mass is 239 g/mol. The fourth-order valence-electron chi connectivity index (χ4n) is 1.88. The van der Waals surface area contributed by atoms with Gasteiger partial charge in [0.25, 0.3) is 0 Å². The molecule has 0 heterocycles. The molecule has 0 radical (unpaired) electrons. The summed E-state index contributed by atoms with van der Waals surface area (Å²) in [6.45, 7) is 0.719. The number of nitrogens with one attached hydrogen (secondary N) is 1. The molecule has 0 spiro atoms. The maximum Gasteiger partial charge on any atom is 0.137 e. The number of benzene rings is 2. The zero-order chi connectivity index (χ0) is 12.6. The van der Waals surface area contributed by atoms with Crippen LogP contribution in [0.2, 0.25) is 0 Å². The molecule has 2 aromatic carbocycles. The Balaban J connectivity index is 1.88. The van der Waals surface area contributed by atoms with Gasteiger partial charge in [-0.3, -0.25) is 0 Å². The number of aldehydes is 1. The summed E-state index contributed by atoms with van der Waals surface area (Å²) in [5.41, 5.74) is 2.37. The van der Waals surface area contributed by atoms with Crippen molar-refractivity contribution in [2.24, 2.45) is 0 Å². The number of carbonyl (C=O) groups is 1. The van der Waals surface area contributed by atoms with Crippen LogP contribution in [0.1, 0.15) is 11.1 Å². The van der Waals surface area contributed by atoms with E-state index in [9.17, 15) is 4.79 Å². The molecule has 18 heavy (non-hydrogen) atoms. The number of hydrogen-bond donors (Lipinski definition) is 1. The highest BCUT2D eigenvalue weighted by Crippen LogP contribution is 2.03. The Bertz CT molecular complexity index is 467. The van der Waals surface area contributed by atoms with E-state index in [1.165, 1.54) is 11.1 Å². The predicted octanol–water partition coefficient (Wildman–Crippen LogP) is 2.59. The fraction of sp³-hybridized carbons (Fsp3) is 0.188. The molecule has 0 fully saturated rings. The molecule has 2 aromatic rings. The van der Waals surface area contributed by atoms with Gasteiger partial charge in [0.15, 0.2) is 0 Å². The summed E-state index contributed by atoms with van der Waals surface area (Å²) >= 11 is 0. The summed E-state index contributed by atoms with van der Waals surface area (Å²) in [6.07, 6.45) is 1.72. The highest BCUT2D eigenvalue weighted by atomic mass is 16.1. The average molecular weight is 239 g/mol. The van der Waals surface area contributed by atoms with Gasteiger partial charge in [-0.05, 0) is 17.5 Å². The molecule has 0 aliphatic heterocycles. The van der Waals surface area contributed by atoms with Crippen LogP contribution in [0, 0.1) is 0 Å². The Morgan fingerprint density at radius 1 is 0.889 bits per heavy atom. The summed E-state index contributed by atoms with van der Waals surface area (Å²) in [5.74, 6) is 0. The van der Waals surface area contributed by atoms with Gasteiger partial charge in [0.05, 0.1) is 6.04 Å². The second-order valence-electron chi connectivity index (χ2n) is 4.30. The number of carbonyl (C=O) groups excluding carboxylic acids is 1. The minimum absolute atomic E-state index is 0.132. The molecular formula is C16H17NO. The third kappa shape index (κ3) is 3.82. The molecule has 0 saturated heterocycles. The van der Waals surface area contributed by atoms with Crippen LogP contribution in [-0.2, 0) is 17.8 Å². The van der Waals surface area contributed by atoms with E-state index >= 15 is 0 Å². The van der Waals surface area contributed by atoms with Gasteiger partial charge in [0.1, 0.15) is 6.29 Å². The molecule has 2 nitrogen and oxygen atoms in total. The molecule has 0 bridgehead atoms. The molecular weight excluding hydrogens is 222 g/mol. The summed E-state index contributed by atoms with van der Waals surface area (Å²) in [4.78, 5) is 11.1. The summed E-state index contributed by atoms with van der Waals surface area (Å²) in [6, 6.07) is 20.0. The Morgan fingerprint density at radius 3 is 2.00 bits per heavy atom. The van der Waals surface area contributed by atoms with Crippen molar-refractivity contribution in [2.75, 3.05) is 0 Å². The molecule has 0 amide bonds. The van der Waals surface area contributed by atoms with E-state index in [2.05, 4.69) is 17.4 Å². The fourth-order valence-corrected chi connectivity index (χ4v) is 1.88. The van der Waals surface area contributed by atoms with Crippen LogP contribution in [0.15, 0.2) is 60.7 Å². The lowest BCUT2D eigenvalue weighted by Gasteiger charge is -2.12. The smallest absolute Gasteiger partial charge is 0.137 e. The van der Waals surface area contributed by atoms with Crippen molar-refractivity contribution in [3.05, 3.63) is 71.8 Å². The Hall–Kier alpha value is -1.93. The van der Waals surface area contributed by atoms with E-state index in [0.717, 1.165) is 19.3 Å². The lowest BCUT2D eigenvalue weighted by Crippen LogP contribution is -2.32. The Labute approximate surface area is 108 Å². The molecule has 0 aromatic heterocycles. The topological polar surface area (TPSA) is 29.1 Å². The van der Waals surface area contributed by atoms with E-state index < -0.39 is 0 Å². The van der Waals surface area contributed by atoms with Crippen LogP contribution in [0.25, 0.3) is 0 Å². The number of rotatable bonds is 6. The van der Waals surface area contributed by atoms with Crippen molar-refractivity contribution >= 4 is 6.29 Å². The summed E-state index contributed by atoms with van der Waals surface area (Å²) in [7, 11) is 0. The van der Waals surface area contributed by atoms with Crippen molar-refractivity contribution in [3.8, 4) is 0 Å². The lowest BCUT2D eigenvalue weighted by molar-refractivity contribution is -0.109. The molecule has 1 unspecified atom stereocenters. The van der Waals surface area contributed by atoms with Gasteiger partial charge in [-0.2, -0.15) is 0 Å². The second-order valence-corrected chi connectivity index (χ2v) is 4.30. The minimum atomic E-state index is -0.132. The maximum absolute atomic E-state index is 11.1. The van der Waals surface area contributed by atoms with Gasteiger partial charge in [0, 0.05) is 6.54 Å². The molecule has 2 heteroatoms. The molecule has 1 N–H and O–H groups in total. The molecule has 0 aliphatic rings. The summed E-state index contributed by atoms with van der Waals surface area (Å²) in [5, 5.41) is 3.27. The first-order chi connectivity index (χ1) is 8.88. The zero-order valence-corrected chi connectivity index (χ0v) is 10.3. The van der Waals surface area contributed by atoms with Crippen molar-refractivity contribution in [1.82, 2.24) is 5.32 Å². The first kappa shape index (κ1) is 12.5. The van der Waals surface area contributed by atoms with E-state index in [1.54, 1.807) is 0 Å². The van der Waals surface area contributed by atoms with Crippen LogP contribution in [0.5, 0.6) is 0 Å². The van der Waals surface area contributed by atoms with Crippen molar-refractivity contribution in [2.45, 2.75) is 19.0 Å². The van der Waals surface area contributed by atoms with Crippen molar-refractivity contribution in [1.29, 1.82) is 0 Å². The molecule has 0 saturated carbocycles. The molecule has 2 rings (SSSR count). The molecule has 1 atom stereocenters. The normalized spacial score (nSPS) is 12.0. The Morgan fingerprint density at radius 2 is 1.44 bits per heavy atom. The highest BCUT2D eigenvalue weighted by molar-refractivity contribution is 5.58. The van der Waals surface area contributed by atoms with Gasteiger partial charge < -0.3 is 10.1 Å². The van der Waals surface area contributed by atoms with Crippen molar-refractivity contribution < 1.29 is 4.79 Å². The minimum Gasteiger partial charge on any atom is -0.303 e. The number of hydrogen-bond acceptors (Lipinski definition) is 2. The molecule has 0 aliphatic carbocycles. The van der Waals surface area contributed by atoms with E-state index in [-0.39, 0.29) is 6.04 Å². The standard InChI is InChI=1S/C16H17NO/c18-13-16(11-14-7-3-1-4-8-14)17-12-15-9-5-2-6-10-15/h1-10,13,16-17H,11-12H2. The highest BCUT2D eigenvalue weighted by Gasteiger charge is 2.07. The van der Waals surface area contributed by atoms with Gasteiger partial charge in [-0.25, -0.2) is 0 Å². The molecule has 92 valence electrons. The van der Waals surface area contributed by atoms with Crippen LogP contribution < -0.4 is 5.32 Å². The third-order valence-electron chi connectivity index (χ3n) is 2.87. The Kier molecular flexibility index (Phi) is 4.68. The maximum atomic E-state index is 11.1.